The van der Waals surface area contributed by atoms with Crippen LogP contribution in [0.15, 0.2) is 55.2 Å². The Morgan fingerprint density at radius 2 is 1.82 bits per heavy atom. The Hall–Kier alpha value is -6.03. The average Bonchev–Trinajstić information content (AvgIpc) is 4.09. The summed E-state index contributed by atoms with van der Waals surface area (Å²) < 4.78 is 37.4. The van der Waals surface area contributed by atoms with Crippen molar-refractivity contribution in [1.82, 2.24) is 44.5 Å². The molecule has 4 saturated heterocycles. The van der Waals surface area contributed by atoms with Gasteiger partial charge in [0, 0.05) is 87.2 Å². The highest BCUT2D eigenvalue weighted by Gasteiger charge is 2.40. The van der Waals surface area contributed by atoms with E-state index in [1.807, 2.05) is 24.3 Å². The lowest BCUT2D eigenvalue weighted by Crippen LogP contribution is -2.49. The van der Waals surface area contributed by atoms with E-state index < -0.39 is 24.1 Å². The third-order valence-electron chi connectivity index (χ3n) is 12.8. The zero-order valence-corrected chi connectivity index (χ0v) is 33.6. The van der Waals surface area contributed by atoms with Gasteiger partial charge in [0.1, 0.15) is 11.4 Å². The number of alkyl halides is 2. The lowest BCUT2D eigenvalue weighted by atomic mass is 9.85. The zero-order valence-electron chi connectivity index (χ0n) is 33.6. The highest BCUT2D eigenvalue weighted by atomic mass is 19.3. The van der Waals surface area contributed by atoms with Crippen molar-refractivity contribution in [1.29, 1.82) is 0 Å². The molecule has 1 saturated carbocycles. The van der Waals surface area contributed by atoms with Gasteiger partial charge in [0.05, 0.1) is 55.1 Å². The number of aromatic nitrogens is 6. The van der Waals surface area contributed by atoms with E-state index in [1.165, 1.54) is 10.7 Å². The van der Waals surface area contributed by atoms with Crippen molar-refractivity contribution in [2.75, 3.05) is 74.1 Å². The molecule has 10 rings (SSSR count). The maximum absolute atomic E-state index is 14.3. The number of pyridine rings is 1. The fourth-order valence-electron chi connectivity index (χ4n) is 9.53. The summed E-state index contributed by atoms with van der Waals surface area (Å²) in [5.74, 6) is 7.07. The molecule has 4 aliphatic heterocycles. The maximum atomic E-state index is 14.3. The fourth-order valence-corrected chi connectivity index (χ4v) is 9.53. The number of halogens is 2. The predicted octanol–water partition coefficient (Wildman–Crippen LogP) is 4.49. The summed E-state index contributed by atoms with van der Waals surface area (Å²) >= 11 is 0. The number of morpholine rings is 1. The predicted molar refractivity (Wildman–Crippen MR) is 222 cm³/mol. The van der Waals surface area contributed by atoms with Gasteiger partial charge in [-0.15, -0.1) is 0 Å². The molecule has 5 aromatic rings. The molecule has 4 aromatic heterocycles. The number of nitrogens with one attached hydrogen (secondary N) is 2. The number of hydrogen-bond acceptors (Lipinski definition) is 11. The number of hydrogen-bond donors (Lipinski definition) is 2. The first-order valence-corrected chi connectivity index (χ1v) is 21.1. The molecule has 18 heteroatoms. The first kappa shape index (κ1) is 39.1. The molecule has 2 N–H and O–H groups in total. The van der Waals surface area contributed by atoms with E-state index in [1.54, 1.807) is 34.4 Å². The lowest BCUT2D eigenvalue weighted by Gasteiger charge is -2.37. The number of imide groups is 1. The number of fused-ring (bicyclic) bond motifs is 4. The van der Waals surface area contributed by atoms with E-state index in [4.69, 9.17) is 9.72 Å². The number of urea groups is 1. The molecule has 8 heterocycles. The number of amides is 4. The molecule has 5 aliphatic rings. The van der Waals surface area contributed by atoms with Crippen molar-refractivity contribution in [3.05, 3.63) is 72.1 Å². The number of ether oxygens (including phenoxy) is 1. The van der Waals surface area contributed by atoms with E-state index in [2.05, 4.69) is 52.4 Å². The summed E-state index contributed by atoms with van der Waals surface area (Å²) in [6, 6.07) is 7.46. The highest BCUT2D eigenvalue weighted by Crippen LogP contribution is 2.36. The molecule has 16 nitrogen and oxygen atoms in total. The molecule has 1 aliphatic carbocycles. The third-order valence-corrected chi connectivity index (χ3v) is 12.8. The highest BCUT2D eigenvalue weighted by molar-refractivity contribution is 6.10. The standard InChI is InChI=1S/C43H46F2N12O4/c44-40(45)39-35(48-42(59)34-21-47-56-14-10-37(49-41(34)56)55-24-31-19-30(55)26-61-31)25-57(51-39)29-8-6-27(7-9-29)23-53-17-15-52(16-18-53)12-2-4-28-3-1-5-32-33(28)20-46-22-36(32)54-13-11-38(58)50-43(54)60/h1,3,5,10,14,20-22,25,27,29-31,40H,6-9,11-13,15-19,23-24,26H2,(H,48,59)(H,50,58,60)/t27?,29?,30-,31-/m1/s1. The third kappa shape index (κ3) is 7.88. The monoisotopic (exact) mass is 832 g/mol. The van der Waals surface area contributed by atoms with Gasteiger partial charge in [0.25, 0.3) is 12.3 Å². The summed E-state index contributed by atoms with van der Waals surface area (Å²) in [7, 11) is 0. The van der Waals surface area contributed by atoms with Gasteiger partial charge in [0.15, 0.2) is 11.3 Å². The SMILES string of the molecule is O=C1CCN(c2cncc3c(C#CCN4CCN(CC5CCC(n6cc(NC(=O)c7cnn8ccc(N9C[C@H]%10C[C@@H]9CO%10)nc78)c(C(F)F)n6)CC5)CC4)cccc23)C(=O)N1. The number of carbonyl (C=O) groups is 3. The van der Waals surface area contributed by atoms with E-state index in [0.29, 0.717) is 36.9 Å². The molecule has 2 bridgehead atoms. The number of benzene rings is 1. The number of carbonyl (C=O) groups excluding carboxylic acids is 3. The van der Waals surface area contributed by atoms with E-state index >= 15 is 0 Å². The van der Waals surface area contributed by atoms with Crippen molar-refractivity contribution in [2.45, 2.75) is 63.1 Å². The Labute approximate surface area is 350 Å². The molecular weight excluding hydrogens is 787 g/mol. The maximum Gasteiger partial charge on any atom is 0.328 e. The van der Waals surface area contributed by atoms with Crippen molar-refractivity contribution < 1.29 is 27.9 Å². The van der Waals surface area contributed by atoms with E-state index in [0.717, 1.165) is 93.5 Å². The average molecular weight is 833 g/mol. The van der Waals surface area contributed by atoms with Gasteiger partial charge in [-0.3, -0.25) is 34.4 Å². The van der Waals surface area contributed by atoms with E-state index in [9.17, 15) is 23.2 Å². The van der Waals surface area contributed by atoms with Gasteiger partial charge in [-0.1, -0.05) is 24.0 Å². The Kier molecular flexibility index (Phi) is 10.5. The van der Waals surface area contributed by atoms with Crippen LogP contribution in [0.3, 0.4) is 0 Å². The van der Waals surface area contributed by atoms with Crippen molar-refractivity contribution in [2.24, 2.45) is 5.92 Å². The molecule has 0 radical (unpaired) electrons. The summed E-state index contributed by atoms with van der Waals surface area (Å²) in [5.41, 5.74) is 1.61. The summed E-state index contributed by atoms with van der Waals surface area (Å²) in [6.07, 6.45) is 10.2. The van der Waals surface area contributed by atoms with Crippen LogP contribution in [0, 0.1) is 17.8 Å². The Morgan fingerprint density at radius 3 is 2.59 bits per heavy atom. The molecule has 5 fully saturated rings. The molecule has 61 heavy (non-hydrogen) atoms. The van der Waals surface area contributed by atoms with Crippen molar-refractivity contribution in [3.63, 3.8) is 0 Å². The summed E-state index contributed by atoms with van der Waals surface area (Å²) in [4.78, 5) is 55.5. The van der Waals surface area contributed by atoms with Gasteiger partial charge in [-0.05, 0) is 50.2 Å². The van der Waals surface area contributed by atoms with Crippen LogP contribution in [0.2, 0.25) is 0 Å². The Bertz CT molecular complexity index is 2550. The van der Waals surface area contributed by atoms with Crippen LogP contribution in [-0.2, 0) is 9.53 Å². The minimum Gasteiger partial charge on any atom is -0.374 e. The normalized spacial score (nSPS) is 23.5. The van der Waals surface area contributed by atoms with Crippen LogP contribution in [0.5, 0.6) is 0 Å². The first-order valence-electron chi connectivity index (χ1n) is 21.1. The summed E-state index contributed by atoms with van der Waals surface area (Å²) in [5, 5.41) is 15.4. The second-order valence-corrected chi connectivity index (χ2v) is 16.6. The van der Waals surface area contributed by atoms with E-state index in [-0.39, 0.29) is 41.8 Å². The van der Waals surface area contributed by atoms with Crippen LogP contribution in [0.25, 0.3) is 16.4 Å². The van der Waals surface area contributed by atoms with Crippen LogP contribution in [0.1, 0.15) is 72.6 Å². The van der Waals surface area contributed by atoms with Gasteiger partial charge >= 0.3 is 6.03 Å². The largest absolute Gasteiger partial charge is 0.374 e. The molecule has 316 valence electrons. The topological polar surface area (TPSA) is 158 Å². The second kappa shape index (κ2) is 16.4. The zero-order chi connectivity index (χ0) is 41.6. The number of anilines is 3. The molecule has 0 unspecified atom stereocenters. The summed E-state index contributed by atoms with van der Waals surface area (Å²) in [6.45, 7) is 7.03. The first-order chi connectivity index (χ1) is 29.7. The lowest BCUT2D eigenvalue weighted by molar-refractivity contribution is -0.120. The minimum atomic E-state index is -2.85. The number of rotatable bonds is 9. The molecular formula is C43H46F2N12O4. The van der Waals surface area contributed by atoms with Gasteiger partial charge < -0.3 is 19.9 Å². The van der Waals surface area contributed by atoms with Crippen LogP contribution in [0.4, 0.5) is 30.8 Å². The van der Waals surface area contributed by atoms with Gasteiger partial charge in [0.2, 0.25) is 5.91 Å². The second-order valence-electron chi connectivity index (χ2n) is 16.6. The quantitative estimate of drug-likeness (QED) is 0.202. The van der Waals surface area contributed by atoms with Gasteiger partial charge in [-0.25, -0.2) is 23.1 Å². The number of piperazine rings is 1. The minimum absolute atomic E-state index is 0.000403. The Balaban J connectivity index is 0.712. The molecule has 2 atom stereocenters. The van der Waals surface area contributed by atoms with Crippen LogP contribution >= 0.6 is 0 Å². The molecule has 4 amide bonds. The van der Waals surface area contributed by atoms with Crippen LogP contribution < -0.4 is 20.4 Å². The molecule has 1 aromatic carbocycles. The molecule has 0 spiro atoms. The number of nitrogens with zero attached hydrogens (tertiary/aromatic N) is 10. The van der Waals surface area contributed by atoms with Gasteiger partial charge in [-0.2, -0.15) is 10.2 Å². The van der Waals surface area contributed by atoms with Crippen LogP contribution in [-0.4, -0.2) is 128 Å². The smallest absolute Gasteiger partial charge is 0.328 e. The van der Waals surface area contributed by atoms with Crippen molar-refractivity contribution >= 4 is 51.5 Å². The fraction of sp³-hybridized carbons (Fsp3) is 0.465. The van der Waals surface area contributed by atoms with Crippen molar-refractivity contribution in [3.8, 4) is 11.8 Å². The Morgan fingerprint density at radius 1 is 0.984 bits per heavy atom.